The molecular weight excluding hydrogens is 264 g/mol. The second kappa shape index (κ2) is 6.02. The van der Waals surface area contributed by atoms with Crippen LogP contribution in [0.25, 0.3) is 0 Å². The molecule has 104 valence electrons. The average molecular weight is 282 g/mol. The lowest BCUT2D eigenvalue weighted by Crippen LogP contribution is -2.43. The molecule has 0 saturated heterocycles. The molecular formula is C14H18O4S. The van der Waals surface area contributed by atoms with Gasteiger partial charge in [-0.25, -0.2) is 8.42 Å². The molecule has 0 amide bonds. The second-order valence-corrected chi connectivity index (χ2v) is 7.00. The summed E-state index contributed by atoms with van der Waals surface area (Å²) < 4.78 is 27.0. The molecule has 1 atom stereocenters. The maximum Gasteiger partial charge on any atom is 0.327 e. The molecule has 0 saturated carbocycles. The van der Waals surface area contributed by atoms with Crippen molar-refractivity contribution in [3.8, 4) is 0 Å². The lowest BCUT2D eigenvalue weighted by Gasteiger charge is -2.24. The van der Waals surface area contributed by atoms with Gasteiger partial charge in [-0.05, 0) is 18.9 Å². The van der Waals surface area contributed by atoms with Crippen molar-refractivity contribution < 1.29 is 17.9 Å². The number of benzene rings is 1. The van der Waals surface area contributed by atoms with E-state index >= 15 is 0 Å². The molecule has 0 fully saturated rings. The predicted octanol–water partition coefficient (Wildman–Crippen LogP) is 2.11. The zero-order chi connectivity index (χ0) is 14.5. The monoisotopic (exact) mass is 282 g/mol. The fourth-order valence-corrected chi connectivity index (χ4v) is 2.32. The highest BCUT2D eigenvalue weighted by molar-refractivity contribution is 7.92. The molecule has 5 heteroatoms. The number of allylic oxidation sites excluding steroid dienone is 1. The number of rotatable bonds is 6. The first-order chi connectivity index (χ1) is 8.81. The Morgan fingerprint density at radius 3 is 2.42 bits per heavy atom. The number of hydrogen-bond acceptors (Lipinski definition) is 4. The van der Waals surface area contributed by atoms with Crippen molar-refractivity contribution in [3.63, 3.8) is 0 Å². The van der Waals surface area contributed by atoms with Gasteiger partial charge in [-0.15, -0.1) is 6.58 Å². The van der Waals surface area contributed by atoms with E-state index < -0.39 is 20.6 Å². The van der Waals surface area contributed by atoms with Gasteiger partial charge >= 0.3 is 5.97 Å². The zero-order valence-electron chi connectivity index (χ0n) is 11.1. The summed E-state index contributed by atoms with van der Waals surface area (Å²) in [6, 6.07) is 9.10. The van der Waals surface area contributed by atoms with E-state index in [1.54, 1.807) is 12.1 Å². The van der Waals surface area contributed by atoms with E-state index in [2.05, 4.69) is 6.58 Å². The largest absolute Gasteiger partial charge is 0.460 e. The topological polar surface area (TPSA) is 60.4 Å². The van der Waals surface area contributed by atoms with Crippen LogP contribution in [0.3, 0.4) is 0 Å². The number of carbonyl (C=O) groups excluding carboxylic acids is 1. The smallest absolute Gasteiger partial charge is 0.327 e. The van der Waals surface area contributed by atoms with Crippen LogP contribution in [-0.4, -0.2) is 25.4 Å². The average Bonchev–Trinajstić information content (AvgIpc) is 2.36. The SMILES string of the molecule is C=CC[C@](C)(C(=O)OCc1ccccc1)S(C)(=O)=O. The Morgan fingerprint density at radius 2 is 1.95 bits per heavy atom. The maximum absolute atomic E-state index is 12.0. The summed E-state index contributed by atoms with van der Waals surface area (Å²) in [5.41, 5.74) is 0.810. The van der Waals surface area contributed by atoms with Crippen molar-refractivity contribution in [2.45, 2.75) is 24.7 Å². The summed E-state index contributed by atoms with van der Waals surface area (Å²) in [5, 5.41) is 0. The van der Waals surface area contributed by atoms with Crippen LogP contribution >= 0.6 is 0 Å². The van der Waals surface area contributed by atoms with Crippen LogP contribution < -0.4 is 0 Å². The third-order valence-electron chi connectivity index (χ3n) is 3.00. The third kappa shape index (κ3) is 3.67. The van der Waals surface area contributed by atoms with Crippen molar-refractivity contribution in [1.82, 2.24) is 0 Å². The number of carbonyl (C=O) groups is 1. The Hall–Kier alpha value is -1.62. The molecule has 19 heavy (non-hydrogen) atoms. The van der Waals surface area contributed by atoms with E-state index in [1.807, 2.05) is 18.2 Å². The molecule has 0 heterocycles. The van der Waals surface area contributed by atoms with E-state index in [4.69, 9.17) is 4.74 Å². The molecule has 0 aromatic heterocycles. The van der Waals surface area contributed by atoms with Crippen LogP contribution in [0, 0.1) is 0 Å². The molecule has 1 rings (SSSR count). The lowest BCUT2D eigenvalue weighted by atomic mass is 10.1. The van der Waals surface area contributed by atoms with Gasteiger partial charge in [-0.1, -0.05) is 36.4 Å². The molecule has 0 aliphatic rings. The van der Waals surface area contributed by atoms with E-state index in [0.29, 0.717) is 0 Å². The minimum absolute atomic E-state index is 0.0272. The third-order valence-corrected chi connectivity index (χ3v) is 4.97. The van der Waals surface area contributed by atoms with E-state index in [-0.39, 0.29) is 13.0 Å². The Bertz CT molecular complexity index is 548. The number of sulfone groups is 1. The minimum Gasteiger partial charge on any atom is -0.460 e. The summed E-state index contributed by atoms with van der Waals surface area (Å²) in [7, 11) is -3.58. The molecule has 0 unspecified atom stereocenters. The van der Waals surface area contributed by atoms with Crippen LogP contribution in [0.2, 0.25) is 0 Å². The predicted molar refractivity (Wildman–Crippen MR) is 74.3 cm³/mol. The van der Waals surface area contributed by atoms with Crippen molar-refractivity contribution >= 4 is 15.8 Å². The molecule has 0 N–H and O–H groups in total. The van der Waals surface area contributed by atoms with Gasteiger partial charge in [0.05, 0.1) is 0 Å². The number of ether oxygens (including phenoxy) is 1. The summed E-state index contributed by atoms with van der Waals surface area (Å²) in [4.78, 5) is 12.0. The number of hydrogen-bond donors (Lipinski definition) is 0. The molecule has 1 aromatic carbocycles. The summed E-state index contributed by atoms with van der Waals surface area (Å²) in [5.74, 6) is -0.751. The van der Waals surface area contributed by atoms with Gasteiger partial charge < -0.3 is 4.74 Å². The highest BCUT2D eigenvalue weighted by Gasteiger charge is 2.43. The highest BCUT2D eigenvalue weighted by Crippen LogP contribution is 2.23. The lowest BCUT2D eigenvalue weighted by molar-refractivity contribution is -0.147. The Morgan fingerprint density at radius 1 is 1.37 bits per heavy atom. The fourth-order valence-electron chi connectivity index (χ4n) is 1.54. The molecule has 0 aliphatic carbocycles. The van der Waals surface area contributed by atoms with Crippen LogP contribution in [-0.2, 0) is 26.0 Å². The van der Waals surface area contributed by atoms with Gasteiger partial charge in [0, 0.05) is 6.26 Å². The maximum atomic E-state index is 12.0. The summed E-state index contributed by atoms with van der Waals surface area (Å²) in [6.07, 6.45) is 2.46. The molecule has 0 aliphatic heterocycles. The molecule has 1 aromatic rings. The van der Waals surface area contributed by atoms with Crippen LogP contribution in [0.4, 0.5) is 0 Å². The Balaban J connectivity index is 2.82. The minimum atomic E-state index is -3.58. The Kier molecular flexibility index (Phi) is 4.89. The van der Waals surface area contributed by atoms with Gasteiger partial charge in [-0.2, -0.15) is 0 Å². The van der Waals surface area contributed by atoms with Gasteiger partial charge in [0.15, 0.2) is 14.6 Å². The van der Waals surface area contributed by atoms with Gasteiger partial charge in [0.25, 0.3) is 0 Å². The normalized spacial score (nSPS) is 14.4. The highest BCUT2D eigenvalue weighted by atomic mass is 32.2. The molecule has 0 bridgehead atoms. The second-order valence-electron chi connectivity index (χ2n) is 4.56. The standard InChI is InChI=1S/C14H18O4S/c1-4-10-14(2,19(3,16)17)13(15)18-11-12-8-6-5-7-9-12/h4-9H,1,10-11H2,2-3H3/t14-/m1/s1. The Labute approximate surface area is 114 Å². The van der Waals surface area contributed by atoms with E-state index in [0.717, 1.165) is 11.8 Å². The summed E-state index contributed by atoms with van der Waals surface area (Å²) in [6.45, 7) is 4.90. The van der Waals surface area contributed by atoms with Gasteiger partial charge in [0.2, 0.25) is 0 Å². The van der Waals surface area contributed by atoms with Crippen molar-refractivity contribution in [3.05, 3.63) is 48.6 Å². The van der Waals surface area contributed by atoms with Crippen LogP contribution in [0.15, 0.2) is 43.0 Å². The zero-order valence-corrected chi connectivity index (χ0v) is 11.9. The van der Waals surface area contributed by atoms with Crippen molar-refractivity contribution in [2.75, 3.05) is 6.26 Å². The van der Waals surface area contributed by atoms with E-state index in [9.17, 15) is 13.2 Å². The van der Waals surface area contributed by atoms with Crippen molar-refractivity contribution in [1.29, 1.82) is 0 Å². The van der Waals surface area contributed by atoms with Crippen LogP contribution in [0.1, 0.15) is 18.9 Å². The first kappa shape index (κ1) is 15.4. The molecule has 0 radical (unpaired) electrons. The summed E-state index contributed by atoms with van der Waals surface area (Å²) >= 11 is 0. The van der Waals surface area contributed by atoms with Gasteiger partial charge in [-0.3, -0.25) is 4.79 Å². The first-order valence-corrected chi connectivity index (χ1v) is 7.72. The first-order valence-electron chi connectivity index (χ1n) is 5.83. The van der Waals surface area contributed by atoms with Crippen molar-refractivity contribution in [2.24, 2.45) is 0 Å². The molecule has 4 nitrogen and oxygen atoms in total. The van der Waals surface area contributed by atoms with E-state index in [1.165, 1.54) is 13.0 Å². The van der Waals surface area contributed by atoms with Gasteiger partial charge in [0.1, 0.15) is 6.61 Å². The van der Waals surface area contributed by atoms with Crippen LogP contribution in [0.5, 0.6) is 0 Å². The fraction of sp³-hybridized carbons (Fsp3) is 0.357. The number of esters is 1. The molecule has 0 spiro atoms. The quantitative estimate of drug-likeness (QED) is 0.592.